The number of hydrogen-bond donors (Lipinski definition) is 1. The largest absolute Gasteiger partial charge is 0.497 e. The van der Waals surface area contributed by atoms with Crippen LogP contribution in [0.15, 0.2) is 54.7 Å². The molecule has 5 nitrogen and oxygen atoms in total. The number of rotatable bonds is 5. The molecule has 2 heterocycles. The van der Waals surface area contributed by atoms with Crippen molar-refractivity contribution >= 4 is 23.0 Å². The molecule has 3 aromatic rings. The van der Waals surface area contributed by atoms with Crippen molar-refractivity contribution in [1.82, 2.24) is 9.47 Å². The summed E-state index contributed by atoms with van der Waals surface area (Å²) >= 11 is 5.98. The summed E-state index contributed by atoms with van der Waals surface area (Å²) in [6, 6.07) is 16.5. The average Bonchev–Trinajstić information content (AvgIpc) is 3.28. The third-order valence-corrected chi connectivity index (χ3v) is 6.34. The fourth-order valence-electron chi connectivity index (χ4n) is 4.36. The minimum absolute atomic E-state index is 0.0807. The molecule has 1 aliphatic heterocycles. The normalized spacial score (nSPS) is 15.4. The van der Waals surface area contributed by atoms with Crippen molar-refractivity contribution in [3.63, 3.8) is 0 Å². The number of hydrogen-bond acceptors (Lipinski definition) is 3. The van der Waals surface area contributed by atoms with Crippen molar-refractivity contribution < 1.29 is 9.47 Å². The zero-order valence-electron chi connectivity index (χ0n) is 18.5. The van der Waals surface area contributed by atoms with E-state index in [4.69, 9.17) is 21.7 Å². The molecule has 0 fully saturated rings. The molecule has 0 saturated carbocycles. The lowest BCUT2D eigenvalue weighted by Crippen LogP contribution is -2.44. The van der Waals surface area contributed by atoms with Crippen molar-refractivity contribution in [3.05, 3.63) is 77.1 Å². The molecule has 0 radical (unpaired) electrons. The van der Waals surface area contributed by atoms with E-state index in [1.54, 1.807) is 14.2 Å². The van der Waals surface area contributed by atoms with Gasteiger partial charge in [-0.25, -0.2) is 0 Å². The van der Waals surface area contributed by atoms with Gasteiger partial charge >= 0.3 is 0 Å². The van der Waals surface area contributed by atoms with E-state index in [1.807, 2.05) is 18.2 Å². The van der Waals surface area contributed by atoms with E-state index in [1.165, 1.54) is 16.8 Å². The van der Waals surface area contributed by atoms with E-state index in [0.717, 1.165) is 42.3 Å². The van der Waals surface area contributed by atoms with Gasteiger partial charge in [-0.1, -0.05) is 25.1 Å². The first kappa shape index (κ1) is 21.2. The van der Waals surface area contributed by atoms with E-state index in [9.17, 15) is 0 Å². The van der Waals surface area contributed by atoms with Gasteiger partial charge < -0.3 is 24.3 Å². The third-order valence-electron chi connectivity index (χ3n) is 6.00. The standard InChI is InChI=1S/C25H29N3O2S/c1-5-18-9-6-8-17(2)23(18)26-25(31)28-15-14-27-13-7-10-21(27)24(28)20-16-19(29-3)11-12-22(20)30-4/h6-13,16,24H,5,14-15H2,1-4H3,(H,26,31)/t24-/m0/s1. The van der Waals surface area contributed by atoms with E-state index < -0.39 is 0 Å². The molecule has 2 aromatic carbocycles. The molecule has 6 heteroatoms. The van der Waals surface area contributed by atoms with E-state index >= 15 is 0 Å². The predicted octanol–water partition coefficient (Wildman–Crippen LogP) is 5.18. The van der Waals surface area contributed by atoms with Gasteiger partial charge in [-0.05, 0) is 67.0 Å². The predicted molar refractivity (Wildman–Crippen MR) is 129 cm³/mol. The van der Waals surface area contributed by atoms with Gasteiger partial charge in [-0.3, -0.25) is 0 Å². The van der Waals surface area contributed by atoms with Crippen LogP contribution in [0.25, 0.3) is 0 Å². The summed E-state index contributed by atoms with van der Waals surface area (Å²) in [5.74, 6) is 1.61. The number of ether oxygens (including phenoxy) is 2. The van der Waals surface area contributed by atoms with Gasteiger partial charge in [0.25, 0.3) is 0 Å². The van der Waals surface area contributed by atoms with Gasteiger partial charge in [0, 0.05) is 36.2 Å². The lowest BCUT2D eigenvalue weighted by molar-refractivity contribution is 0.284. The number of aryl methyl sites for hydroxylation is 2. The molecule has 0 bridgehead atoms. The highest BCUT2D eigenvalue weighted by Gasteiger charge is 2.33. The van der Waals surface area contributed by atoms with Crippen LogP contribution in [0.1, 0.15) is 35.3 Å². The second-order valence-electron chi connectivity index (χ2n) is 7.72. The fraction of sp³-hybridized carbons (Fsp3) is 0.320. The van der Waals surface area contributed by atoms with Crippen LogP contribution in [0, 0.1) is 6.92 Å². The van der Waals surface area contributed by atoms with Crippen LogP contribution in [0.4, 0.5) is 5.69 Å². The molecule has 0 aliphatic carbocycles. The Labute approximate surface area is 189 Å². The Balaban J connectivity index is 1.77. The highest BCUT2D eigenvalue weighted by molar-refractivity contribution is 7.80. The first-order chi connectivity index (χ1) is 15.1. The molecule has 0 spiro atoms. The van der Waals surface area contributed by atoms with Crippen LogP contribution in [-0.2, 0) is 13.0 Å². The Bertz CT molecular complexity index is 1090. The van der Waals surface area contributed by atoms with Crippen molar-refractivity contribution in [2.75, 3.05) is 26.1 Å². The molecular weight excluding hydrogens is 406 g/mol. The number of benzene rings is 2. The first-order valence-electron chi connectivity index (χ1n) is 10.6. The highest BCUT2D eigenvalue weighted by Crippen LogP contribution is 2.39. The van der Waals surface area contributed by atoms with Gasteiger partial charge in [0.15, 0.2) is 5.11 Å². The summed E-state index contributed by atoms with van der Waals surface area (Å²) in [5, 5.41) is 4.28. The van der Waals surface area contributed by atoms with Gasteiger partial charge in [0.1, 0.15) is 17.5 Å². The van der Waals surface area contributed by atoms with Gasteiger partial charge in [-0.15, -0.1) is 0 Å². The SMILES string of the molecule is CCc1cccc(C)c1NC(=S)N1CCn2cccc2[C@@H]1c1cc(OC)ccc1OC. The van der Waals surface area contributed by atoms with Crippen LogP contribution < -0.4 is 14.8 Å². The molecule has 0 amide bonds. The number of anilines is 1. The minimum atomic E-state index is -0.0807. The molecule has 1 aliphatic rings. The molecule has 1 N–H and O–H groups in total. The Morgan fingerprint density at radius 2 is 1.94 bits per heavy atom. The lowest BCUT2D eigenvalue weighted by atomic mass is 9.98. The second-order valence-corrected chi connectivity index (χ2v) is 8.11. The molecule has 1 atom stereocenters. The van der Waals surface area contributed by atoms with E-state index in [2.05, 4.69) is 65.2 Å². The van der Waals surface area contributed by atoms with Gasteiger partial charge in [0.2, 0.25) is 0 Å². The van der Waals surface area contributed by atoms with Crippen LogP contribution in [-0.4, -0.2) is 35.3 Å². The number of para-hydroxylation sites is 1. The van der Waals surface area contributed by atoms with Crippen LogP contribution in [0.5, 0.6) is 11.5 Å². The highest BCUT2D eigenvalue weighted by atomic mass is 32.1. The summed E-state index contributed by atoms with van der Waals surface area (Å²) in [7, 11) is 3.39. The van der Waals surface area contributed by atoms with Gasteiger partial charge in [-0.2, -0.15) is 0 Å². The molecule has 162 valence electrons. The van der Waals surface area contributed by atoms with Crippen LogP contribution in [0.3, 0.4) is 0 Å². The summed E-state index contributed by atoms with van der Waals surface area (Å²) in [5.41, 5.74) is 5.77. The number of nitrogens with zero attached hydrogens (tertiary/aromatic N) is 2. The maximum Gasteiger partial charge on any atom is 0.174 e. The Morgan fingerprint density at radius 3 is 2.68 bits per heavy atom. The van der Waals surface area contributed by atoms with Crippen molar-refractivity contribution in [2.24, 2.45) is 0 Å². The smallest absolute Gasteiger partial charge is 0.174 e. The minimum Gasteiger partial charge on any atom is -0.497 e. The lowest BCUT2D eigenvalue weighted by Gasteiger charge is -2.39. The Morgan fingerprint density at radius 1 is 1.10 bits per heavy atom. The zero-order valence-corrected chi connectivity index (χ0v) is 19.3. The number of aromatic nitrogens is 1. The molecule has 31 heavy (non-hydrogen) atoms. The monoisotopic (exact) mass is 435 g/mol. The molecule has 0 unspecified atom stereocenters. The number of nitrogens with one attached hydrogen (secondary N) is 1. The zero-order chi connectivity index (χ0) is 22.0. The summed E-state index contributed by atoms with van der Waals surface area (Å²) in [6.45, 7) is 5.96. The number of thiocarbonyl (C=S) groups is 1. The first-order valence-corrected chi connectivity index (χ1v) is 11.0. The van der Waals surface area contributed by atoms with Crippen LogP contribution >= 0.6 is 12.2 Å². The Hall–Kier alpha value is -2.99. The molecule has 4 rings (SSSR count). The van der Waals surface area contributed by atoms with Crippen LogP contribution in [0.2, 0.25) is 0 Å². The number of fused-ring (bicyclic) bond motifs is 1. The summed E-state index contributed by atoms with van der Waals surface area (Å²) < 4.78 is 13.5. The molecule has 0 saturated heterocycles. The molecular formula is C25H29N3O2S. The fourth-order valence-corrected chi connectivity index (χ4v) is 4.66. The number of methoxy groups -OCH3 is 2. The maximum atomic E-state index is 5.98. The van der Waals surface area contributed by atoms with E-state index in [-0.39, 0.29) is 6.04 Å². The topological polar surface area (TPSA) is 38.7 Å². The molecule has 1 aromatic heterocycles. The third kappa shape index (κ3) is 4.00. The van der Waals surface area contributed by atoms with E-state index in [0.29, 0.717) is 5.11 Å². The summed E-state index contributed by atoms with van der Waals surface area (Å²) in [4.78, 5) is 2.26. The second kappa shape index (κ2) is 9.02. The van der Waals surface area contributed by atoms with Crippen molar-refractivity contribution in [1.29, 1.82) is 0 Å². The maximum absolute atomic E-state index is 5.98. The van der Waals surface area contributed by atoms with Crippen molar-refractivity contribution in [2.45, 2.75) is 32.9 Å². The van der Waals surface area contributed by atoms with Crippen molar-refractivity contribution in [3.8, 4) is 11.5 Å². The van der Waals surface area contributed by atoms with Gasteiger partial charge in [0.05, 0.1) is 14.2 Å². The average molecular weight is 436 g/mol. The summed E-state index contributed by atoms with van der Waals surface area (Å²) in [6.07, 6.45) is 3.07. The quantitative estimate of drug-likeness (QED) is 0.559. The Kier molecular flexibility index (Phi) is 6.18.